The van der Waals surface area contributed by atoms with Crippen LogP contribution in [0, 0.1) is 17.0 Å². The number of carbonyl (C=O) groups excluding carboxylic acids is 1. The van der Waals surface area contributed by atoms with Gasteiger partial charge in [0, 0.05) is 36.8 Å². The first-order valence-electron chi connectivity index (χ1n) is 10.0. The zero-order valence-corrected chi connectivity index (χ0v) is 18.2. The standard InChI is InChI=1S/C20H23N7O3S/c1-13-5-6-14(11-16(13)27(29)30)19(28)21-7-10-26-18-15(12-22-26)17(23-20(24-18)31-2)25-8-3-4-9-25/h5-6,11-12H,3-4,7-10H2,1-2H3,(H,21,28). The molecule has 3 heterocycles. The van der Waals surface area contributed by atoms with Crippen LogP contribution in [0.25, 0.3) is 11.0 Å². The van der Waals surface area contributed by atoms with Crippen LogP contribution >= 0.6 is 11.8 Å². The maximum Gasteiger partial charge on any atom is 0.273 e. The molecule has 1 amide bonds. The molecule has 1 aromatic carbocycles. The van der Waals surface area contributed by atoms with Gasteiger partial charge in [-0.25, -0.2) is 14.6 Å². The number of nitrogens with zero attached hydrogens (tertiary/aromatic N) is 6. The molecule has 4 rings (SSSR count). The van der Waals surface area contributed by atoms with E-state index in [4.69, 9.17) is 4.98 Å². The molecule has 1 aliphatic rings. The smallest absolute Gasteiger partial charge is 0.273 e. The summed E-state index contributed by atoms with van der Waals surface area (Å²) >= 11 is 1.48. The number of fused-ring (bicyclic) bond motifs is 1. The molecule has 31 heavy (non-hydrogen) atoms. The number of anilines is 1. The maximum absolute atomic E-state index is 12.5. The highest BCUT2D eigenvalue weighted by atomic mass is 32.2. The Hall–Kier alpha value is -3.21. The highest BCUT2D eigenvalue weighted by molar-refractivity contribution is 7.98. The number of nitrogens with one attached hydrogen (secondary N) is 1. The van der Waals surface area contributed by atoms with E-state index in [9.17, 15) is 14.9 Å². The normalized spacial score (nSPS) is 13.7. The molecule has 0 radical (unpaired) electrons. The van der Waals surface area contributed by atoms with Crippen LogP contribution in [0.15, 0.2) is 29.6 Å². The number of nitro groups is 1. The number of nitro benzene ring substituents is 1. The highest BCUT2D eigenvalue weighted by Crippen LogP contribution is 2.28. The Kier molecular flexibility index (Phi) is 6.03. The lowest BCUT2D eigenvalue weighted by molar-refractivity contribution is -0.385. The minimum Gasteiger partial charge on any atom is -0.356 e. The summed E-state index contributed by atoms with van der Waals surface area (Å²) in [7, 11) is 0. The summed E-state index contributed by atoms with van der Waals surface area (Å²) in [6, 6.07) is 4.46. The van der Waals surface area contributed by atoms with Gasteiger partial charge in [0.15, 0.2) is 10.8 Å². The van der Waals surface area contributed by atoms with Crippen molar-refractivity contribution in [2.75, 3.05) is 30.8 Å². The predicted molar refractivity (Wildman–Crippen MR) is 119 cm³/mol. The van der Waals surface area contributed by atoms with Crippen LogP contribution in [-0.2, 0) is 6.54 Å². The van der Waals surface area contributed by atoms with Gasteiger partial charge in [0.05, 0.1) is 23.1 Å². The molecule has 1 N–H and O–H groups in total. The molecule has 2 aromatic heterocycles. The van der Waals surface area contributed by atoms with E-state index >= 15 is 0 Å². The first kappa shape index (κ1) is 21.0. The van der Waals surface area contributed by atoms with Gasteiger partial charge in [0.1, 0.15) is 5.82 Å². The molecule has 0 unspecified atom stereocenters. The van der Waals surface area contributed by atoms with Crippen molar-refractivity contribution in [3.05, 3.63) is 45.6 Å². The summed E-state index contributed by atoms with van der Waals surface area (Å²) in [6.45, 7) is 4.33. The van der Waals surface area contributed by atoms with Crippen molar-refractivity contribution in [2.24, 2.45) is 0 Å². The van der Waals surface area contributed by atoms with Gasteiger partial charge >= 0.3 is 0 Å². The van der Waals surface area contributed by atoms with E-state index in [0.717, 1.165) is 42.8 Å². The van der Waals surface area contributed by atoms with Gasteiger partial charge in [0.2, 0.25) is 0 Å². The zero-order chi connectivity index (χ0) is 22.0. The molecule has 0 spiro atoms. The van der Waals surface area contributed by atoms with Crippen LogP contribution in [-0.4, -0.2) is 56.5 Å². The first-order valence-corrected chi connectivity index (χ1v) is 11.3. The Balaban J connectivity index is 1.49. The van der Waals surface area contributed by atoms with Crippen molar-refractivity contribution >= 4 is 40.2 Å². The molecule has 1 fully saturated rings. The lowest BCUT2D eigenvalue weighted by atomic mass is 10.1. The third-order valence-corrected chi connectivity index (χ3v) is 5.87. The fourth-order valence-corrected chi connectivity index (χ4v) is 4.03. The maximum atomic E-state index is 12.5. The van der Waals surface area contributed by atoms with E-state index in [1.165, 1.54) is 17.8 Å². The third kappa shape index (κ3) is 4.31. The number of amides is 1. The number of aromatic nitrogens is 4. The second kappa shape index (κ2) is 8.88. The van der Waals surface area contributed by atoms with Crippen molar-refractivity contribution in [3.8, 4) is 0 Å². The minimum absolute atomic E-state index is 0.0681. The van der Waals surface area contributed by atoms with E-state index in [-0.39, 0.29) is 17.2 Å². The fourth-order valence-electron chi connectivity index (χ4n) is 3.67. The summed E-state index contributed by atoms with van der Waals surface area (Å²) < 4.78 is 1.76. The molecular formula is C20H23N7O3S. The van der Waals surface area contributed by atoms with Gasteiger partial charge in [-0.2, -0.15) is 5.10 Å². The van der Waals surface area contributed by atoms with E-state index < -0.39 is 4.92 Å². The summed E-state index contributed by atoms with van der Waals surface area (Å²) in [6.07, 6.45) is 6.02. The minimum atomic E-state index is -0.483. The number of rotatable bonds is 7. The molecule has 11 heteroatoms. The van der Waals surface area contributed by atoms with Crippen LogP contribution in [0.3, 0.4) is 0 Å². The van der Waals surface area contributed by atoms with E-state index in [0.29, 0.717) is 23.8 Å². The number of benzene rings is 1. The molecule has 0 aliphatic carbocycles. The van der Waals surface area contributed by atoms with Crippen molar-refractivity contribution < 1.29 is 9.72 Å². The molecule has 0 bridgehead atoms. The van der Waals surface area contributed by atoms with Gasteiger partial charge in [0.25, 0.3) is 11.6 Å². The van der Waals surface area contributed by atoms with Crippen molar-refractivity contribution in [3.63, 3.8) is 0 Å². The Bertz CT molecular complexity index is 1140. The van der Waals surface area contributed by atoms with Gasteiger partial charge in [-0.05, 0) is 32.1 Å². The number of thioether (sulfide) groups is 1. The topological polar surface area (TPSA) is 119 Å². The predicted octanol–water partition coefficient (Wildman–Crippen LogP) is 2.80. The molecule has 1 saturated heterocycles. The number of aryl methyl sites for hydroxylation is 1. The summed E-state index contributed by atoms with van der Waals surface area (Å²) in [5.41, 5.74) is 1.44. The largest absolute Gasteiger partial charge is 0.356 e. The summed E-state index contributed by atoms with van der Waals surface area (Å²) in [4.78, 5) is 34.7. The Morgan fingerprint density at radius 3 is 2.77 bits per heavy atom. The molecule has 10 nitrogen and oxygen atoms in total. The second-order valence-corrected chi connectivity index (χ2v) is 8.12. The Labute approximate surface area is 183 Å². The molecular weight excluding hydrogens is 418 g/mol. The average Bonchev–Trinajstić information content (AvgIpc) is 3.43. The molecule has 0 saturated carbocycles. The Morgan fingerprint density at radius 2 is 2.06 bits per heavy atom. The summed E-state index contributed by atoms with van der Waals surface area (Å²) in [5.74, 6) is 0.547. The van der Waals surface area contributed by atoms with E-state index in [1.807, 2.05) is 6.26 Å². The monoisotopic (exact) mass is 441 g/mol. The van der Waals surface area contributed by atoms with E-state index in [2.05, 4.69) is 20.3 Å². The quantitative estimate of drug-likeness (QED) is 0.257. The lowest BCUT2D eigenvalue weighted by Gasteiger charge is -2.17. The highest BCUT2D eigenvalue weighted by Gasteiger charge is 2.21. The molecule has 1 aliphatic heterocycles. The SMILES string of the molecule is CSc1nc(N2CCCC2)c2cnn(CCNC(=O)c3ccc(C)c([N+](=O)[O-])c3)c2n1. The number of hydrogen-bond donors (Lipinski definition) is 1. The fraction of sp³-hybridized carbons (Fsp3) is 0.400. The molecule has 3 aromatic rings. The van der Waals surface area contributed by atoms with E-state index in [1.54, 1.807) is 29.9 Å². The molecule has 162 valence electrons. The van der Waals surface area contributed by atoms with Gasteiger partial charge in [-0.15, -0.1) is 0 Å². The van der Waals surface area contributed by atoms with Gasteiger partial charge in [-0.3, -0.25) is 14.9 Å². The first-order chi connectivity index (χ1) is 15.0. The van der Waals surface area contributed by atoms with Gasteiger partial charge in [-0.1, -0.05) is 17.8 Å². The summed E-state index contributed by atoms with van der Waals surface area (Å²) in [5, 5.41) is 20.0. The van der Waals surface area contributed by atoms with Crippen LogP contribution in [0.1, 0.15) is 28.8 Å². The second-order valence-electron chi connectivity index (χ2n) is 7.35. The van der Waals surface area contributed by atoms with Crippen molar-refractivity contribution in [2.45, 2.75) is 31.5 Å². The number of hydrogen-bond acceptors (Lipinski definition) is 8. The number of carbonyl (C=O) groups is 1. The van der Waals surface area contributed by atoms with Crippen LogP contribution < -0.4 is 10.2 Å². The average molecular weight is 442 g/mol. The van der Waals surface area contributed by atoms with Gasteiger partial charge < -0.3 is 10.2 Å². The third-order valence-electron chi connectivity index (χ3n) is 5.32. The van der Waals surface area contributed by atoms with Crippen LogP contribution in [0.2, 0.25) is 0 Å². The lowest BCUT2D eigenvalue weighted by Crippen LogP contribution is -2.27. The van der Waals surface area contributed by atoms with Crippen molar-refractivity contribution in [1.29, 1.82) is 0 Å². The van der Waals surface area contributed by atoms with Crippen LogP contribution in [0.5, 0.6) is 0 Å². The molecule has 0 atom stereocenters. The van der Waals surface area contributed by atoms with Crippen molar-refractivity contribution in [1.82, 2.24) is 25.1 Å². The zero-order valence-electron chi connectivity index (χ0n) is 17.4. The Morgan fingerprint density at radius 1 is 1.29 bits per heavy atom. The van der Waals surface area contributed by atoms with Crippen LogP contribution in [0.4, 0.5) is 11.5 Å².